The summed E-state index contributed by atoms with van der Waals surface area (Å²) in [5, 5.41) is 5.92. The maximum atomic E-state index is 11.9. The van der Waals surface area contributed by atoms with Crippen molar-refractivity contribution in [1.82, 2.24) is 4.90 Å². The van der Waals surface area contributed by atoms with Gasteiger partial charge in [-0.3, -0.25) is 9.59 Å². The van der Waals surface area contributed by atoms with E-state index in [2.05, 4.69) is 10.6 Å². The summed E-state index contributed by atoms with van der Waals surface area (Å²) in [6.07, 6.45) is 1.36. The summed E-state index contributed by atoms with van der Waals surface area (Å²) in [5.74, 6) is 0.107. The Bertz CT molecular complexity index is 453. The van der Waals surface area contributed by atoms with Crippen LogP contribution in [0.1, 0.15) is 33.6 Å². The third-order valence-electron chi connectivity index (χ3n) is 3.21. The first-order chi connectivity index (χ1) is 10.1. The van der Waals surface area contributed by atoms with E-state index in [1.807, 2.05) is 45.0 Å². The third kappa shape index (κ3) is 5.85. The number of rotatable bonds is 8. The van der Waals surface area contributed by atoms with Crippen molar-refractivity contribution in [3.8, 4) is 0 Å². The monoisotopic (exact) mass is 291 g/mol. The summed E-state index contributed by atoms with van der Waals surface area (Å²) in [4.78, 5) is 25.1. The smallest absolute Gasteiger partial charge is 0.241 e. The molecule has 0 bridgehead atoms. The highest BCUT2D eigenvalue weighted by molar-refractivity contribution is 5.90. The molecule has 0 unspecified atom stereocenters. The van der Waals surface area contributed by atoms with Gasteiger partial charge >= 0.3 is 0 Å². The molecule has 0 fully saturated rings. The average Bonchev–Trinajstić information content (AvgIpc) is 2.48. The predicted octanol–water partition coefficient (Wildman–Crippen LogP) is 2.71. The Labute approximate surface area is 126 Å². The molecule has 5 nitrogen and oxygen atoms in total. The number of nitrogens with one attached hydrogen (secondary N) is 2. The van der Waals surface area contributed by atoms with E-state index >= 15 is 0 Å². The average molecular weight is 291 g/mol. The fraction of sp³-hybridized carbons (Fsp3) is 0.500. The number of anilines is 2. The molecule has 2 N–H and O–H groups in total. The van der Waals surface area contributed by atoms with Gasteiger partial charge in [0.25, 0.3) is 0 Å². The van der Waals surface area contributed by atoms with E-state index < -0.39 is 0 Å². The maximum absolute atomic E-state index is 11.9. The minimum Gasteiger partial charge on any atom is -0.376 e. The lowest BCUT2D eigenvalue weighted by Crippen LogP contribution is -2.35. The van der Waals surface area contributed by atoms with Crippen molar-refractivity contribution in [2.75, 3.05) is 30.3 Å². The zero-order valence-electron chi connectivity index (χ0n) is 13.1. The van der Waals surface area contributed by atoms with Gasteiger partial charge in [0.15, 0.2) is 0 Å². The van der Waals surface area contributed by atoms with Crippen molar-refractivity contribution in [2.24, 2.45) is 0 Å². The fourth-order valence-corrected chi connectivity index (χ4v) is 1.99. The minimum absolute atomic E-state index is 0.0231. The molecule has 0 heterocycles. The first-order valence-electron chi connectivity index (χ1n) is 7.52. The van der Waals surface area contributed by atoms with Crippen LogP contribution in [0.4, 0.5) is 11.4 Å². The van der Waals surface area contributed by atoms with E-state index in [4.69, 9.17) is 0 Å². The number of amides is 2. The van der Waals surface area contributed by atoms with Crippen LogP contribution in [0.15, 0.2) is 24.3 Å². The predicted molar refractivity (Wildman–Crippen MR) is 86.4 cm³/mol. The molecule has 0 aliphatic rings. The molecule has 5 heteroatoms. The maximum Gasteiger partial charge on any atom is 0.241 e. The summed E-state index contributed by atoms with van der Waals surface area (Å²) < 4.78 is 0. The molecule has 21 heavy (non-hydrogen) atoms. The Balaban J connectivity index is 2.47. The van der Waals surface area contributed by atoms with E-state index in [1.54, 1.807) is 4.90 Å². The SMILES string of the molecule is CCCC(=O)Nc1ccc(NCC(=O)N(CC)CC)cc1. The molecule has 0 aliphatic heterocycles. The molecule has 0 atom stereocenters. The van der Waals surface area contributed by atoms with Crippen LogP contribution in [0, 0.1) is 0 Å². The van der Waals surface area contributed by atoms with E-state index in [0.717, 1.165) is 30.9 Å². The molecular formula is C16H25N3O2. The Morgan fingerprint density at radius 1 is 1.00 bits per heavy atom. The number of carbonyl (C=O) groups is 2. The van der Waals surface area contributed by atoms with Gasteiger partial charge in [-0.2, -0.15) is 0 Å². The highest BCUT2D eigenvalue weighted by Crippen LogP contribution is 2.13. The Morgan fingerprint density at radius 3 is 2.10 bits per heavy atom. The number of nitrogens with zero attached hydrogens (tertiary/aromatic N) is 1. The van der Waals surface area contributed by atoms with Crippen LogP contribution in [-0.4, -0.2) is 36.3 Å². The molecular weight excluding hydrogens is 266 g/mol. The summed E-state index contributed by atoms with van der Waals surface area (Å²) >= 11 is 0. The molecule has 0 saturated carbocycles. The fourth-order valence-electron chi connectivity index (χ4n) is 1.99. The van der Waals surface area contributed by atoms with Gasteiger partial charge in [-0.05, 0) is 44.5 Å². The van der Waals surface area contributed by atoms with E-state index in [9.17, 15) is 9.59 Å². The summed E-state index contributed by atoms with van der Waals surface area (Å²) in [6.45, 7) is 7.63. The first-order valence-corrected chi connectivity index (χ1v) is 7.52. The van der Waals surface area contributed by atoms with Crippen LogP contribution in [0.2, 0.25) is 0 Å². The Hall–Kier alpha value is -2.04. The summed E-state index contributed by atoms with van der Waals surface area (Å²) in [7, 11) is 0. The second-order valence-corrected chi connectivity index (χ2v) is 4.80. The standard InChI is InChI=1S/C16H25N3O2/c1-4-7-15(20)18-14-10-8-13(9-11-14)17-12-16(21)19(5-2)6-3/h8-11,17H,4-7,12H2,1-3H3,(H,18,20). The molecule has 0 aliphatic carbocycles. The van der Waals surface area contributed by atoms with Crippen molar-refractivity contribution < 1.29 is 9.59 Å². The molecule has 1 aromatic rings. The number of likely N-dealkylation sites (N-methyl/N-ethyl adjacent to an activating group) is 1. The normalized spacial score (nSPS) is 10.0. The Kier molecular flexibility index (Phi) is 7.29. The van der Waals surface area contributed by atoms with Crippen LogP contribution in [0.5, 0.6) is 0 Å². The number of hydrogen-bond acceptors (Lipinski definition) is 3. The van der Waals surface area contributed by atoms with Crippen molar-refractivity contribution in [3.63, 3.8) is 0 Å². The van der Waals surface area contributed by atoms with Crippen molar-refractivity contribution in [1.29, 1.82) is 0 Å². The van der Waals surface area contributed by atoms with Crippen LogP contribution < -0.4 is 10.6 Å². The van der Waals surface area contributed by atoms with Gasteiger partial charge in [0.1, 0.15) is 0 Å². The van der Waals surface area contributed by atoms with Gasteiger partial charge in [-0.15, -0.1) is 0 Å². The summed E-state index contributed by atoms with van der Waals surface area (Å²) in [5.41, 5.74) is 1.64. The third-order valence-corrected chi connectivity index (χ3v) is 3.21. The molecule has 1 rings (SSSR count). The van der Waals surface area contributed by atoms with Crippen molar-refractivity contribution in [3.05, 3.63) is 24.3 Å². The van der Waals surface area contributed by atoms with Gasteiger partial charge in [-0.25, -0.2) is 0 Å². The van der Waals surface area contributed by atoms with Gasteiger partial charge in [-0.1, -0.05) is 6.92 Å². The lowest BCUT2D eigenvalue weighted by atomic mass is 10.2. The highest BCUT2D eigenvalue weighted by atomic mass is 16.2. The second kappa shape index (κ2) is 9.00. The van der Waals surface area contributed by atoms with Gasteiger partial charge < -0.3 is 15.5 Å². The molecule has 2 amide bonds. The van der Waals surface area contributed by atoms with Gasteiger partial charge in [0, 0.05) is 30.9 Å². The van der Waals surface area contributed by atoms with Gasteiger partial charge in [0.2, 0.25) is 11.8 Å². The molecule has 0 radical (unpaired) electrons. The van der Waals surface area contributed by atoms with Crippen molar-refractivity contribution >= 4 is 23.2 Å². The molecule has 0 aromatic heterocycles. The summed E-state index contributed by atoms with van der Waals surface area (Å²) in [6, 6.07) is 7.38. The zero-order chi connectivity index (χ0) is 15.7. The minimum atomic E-state index is 0.0231. The highest BCUT2D eigenvalue weighted by Gasteiger charge is 2.08. The number of carbonyl (C=O) groups excluding carboxylic acids is 2. The van der Waals surface area contributed by atoms with Crippen LogP contribution >= 0.6 is 0 Å². The second-order valence-electron chi connectivity index (χ2n) is 4.80. The molecule has 116 valence electrons. The largest absolute Gasteiger partial charge is 0.376 e. The van der Waals surface area contributed by atoms with Crippen molar-refractivity contribution in [2.45, 2.75) is 33.6 Å². The number of benzene rings is 1. The van der Waals surface area contributed by atoms with Crippen LogP contribution in [0.3, 0.4) is 0 Å². The Morgan fingerprint density at radius 2 is 1.57 bits per heavy atom. The van der Waals surface area contributed by atoms with Crippen LogP contribution in [0.25, 0.3) is 0 Å². The molecule has 1 aromatic carbocycles. The molecule has 0 spiro atoms. The topological polar surface area (TPSA) is 61.4 Å². The lowest BCUT2D eigenvalue weighted by molar-refractivity contribution is -0.128. The van der Waals surface area contributed by atoms with Gasteiger partial charge in [0.05, 0.1) is 6.54 Å². The zero-order valence-corrected chi connectivity index (χ0v) is 13.1. The quantitative estimate of drug-likeness (QED) is 0.774. The lowest BCUT2D eigenvalue weighted by Gasteiger charge is -2.19. The van der Waals surface area contributed by atoms with Crippen LogP contribution in [-0.2, 0) is 9.59 Å². The van der Waals surface area contributed by atoms with E-state index in [-0.39, 0.29) is 18.4 Å². The van der Waals surface area contributed by atoms with E-state index in [0.29, 0.717) is 6.42 Å². The van der Waals surface area contributed by atoms with E-state index in [1.165, 1.54) is 0 Å². The molecule has 0 saturated heterocycles. The number of hydrogen-bond donors (Lipinski definition) is 2. The first kappa shape index (κ1) is 17.0.